The van der Waals surface area contributed by atoms with Crippen LogP contribution < -0.4 is 10.5 Å². The fourth-order valence-electron chi connectivity index (χ4n) is 6.41. The number of nitrogens with two attached hydrogens (primary N) is 1. The molecule has 3 N–H and O–H groups in total. The third kappa shape index (κ3) is 6.03. The number of benzene rings is 3. The Hall–Kier alpha value is -4.17. The number of ether oxygens (including phenoxy) is 1. The zero-order valence-electron chi connectivity index (χ0n) is 27.7. The Morgan fingerprint density at radius 3 is 2.37 bits per heavy atom. The van der Waals surface area contributed by atoms with Crippen molar-refractivity contribution in [3.8, 4) is 17.1 Å². The predicted octanol–water partition coefficient (Wildman–Crippen LogP) is 9.01. The number of carbonyl (C=O) groups excluding carboxylic acids is 1. The monoisotopic (exact) mass is 639 g/mol. The molecule has 8 heteroatoms. The van der Waals surface area contributed by atoms with Gasteiger partial charge in [-0.25, -0.2) is 0 Å². The van der Waals surface area contributed by atoms with Gasteiger partial charge in [-0.2, -0.15) is 0 Å². The molecule has 0 saturated carbocycles. The first-order valence-electron chi connectivity index (χ1n) is 16.1. The molecule has 4 aromatic rings. The van der Waals surface area contributed by atoms with Gasteiger partial charge in [-0.15, -0.1) is 0 Å². The van der Waals surface area contributed by atoms with E-state index in [9.17, 15) is 9.90 Å². The van der Waals surface area contributed by atoms with E-state index < -0.39 is 11.4 Å². The van der Waals surface area contributed by atoms with Gasteiger partial charge in [0.1, 0.15) is 11.5 Å². The number of hydrogen-bond acceptors (Lipinski definition) is 6. The van der Waals surface area contributed by atoms with Gasteiger partial charge in [-0.3, -0.25) is 9.36 Å². The molecular formula is C38H45N3O4S. The molecule has 1 aliphatic rings. The Balaban J connectivity index is 1.56. The van der Waals surface area contributed by atoms with Crippen LogP contribution in [0.4, 0.5) is 0 Å². The molecule has 1 amide bonds. The van der Waals surface area contributed by atoms with E-state index in [-0.39, 0.29) is 33.4 Å². The molecule has 3 aromatic carbocycles. The van der Waals surface area contributed by atoms with Gasteiger partial charge < -0.3 is 20.1 Å². The van der Waals surface area contributed by atoms with Gasteiger partial charge in [0.05, 0.1) is 17.7 Å². The van der Waals surface area contributed by atoms with Crippen LogP contribution in [0.1, 0.15) is 95.9 Å². The van der Waals surface area contributed by atoms with Crippen molar-refractivity contribution in [1.82, 2.24) is 9.72 Å². The molecule has 0 fully saturated rings. The van der Waals surface area contributed by atoms with E-state index in [1.54, 1.807) is 6.07 Å². The van der Waals surface area contributed by atoms with Crippen LogP contribution in [0.5, 0.6) is 5.75 Å². The maximum Gasteiger partial charge on any atom is 0.298 e. The number of carbonyl (C=O) groups is 1. The molecule has 1 unspecified atom stereocenters. The van der Waals surface area contributed by atoms with Crippen molar-refractivity contribution < 1.29 is 19.2 Å². The summed E-state index contributed by atoms with van der Waals surface area (Å²) in [6.45, 7) is 13.9. The Bertz CT molecular complexity index is 1820. The Labute approximate surface area is 277 Å². The molecule has 7 nitrogen and oxygen atoms in total. The second-order valence-electron chi connectivity index (χ2n) is 13.6. The van der Waals surface area contributed by atoms with Crippen molar-refractivity contribution in [2.24, 2.45) is 5.73 Å². The molecule has 1 aromatic heterocycles. The summed E-state index contributed by atoms with van der Waals surface area (Å²) in [6, 6.07) is 23.8. The molecule has 1 heterocycles. The molecule has 0 aliphatic heterocycles. The molecule has 5 rings (SSSR count). The Morgan fingerprint density at radius 1 is 1.02 bits per heavy atom. The molecule has 1 aliphatic carbocycles. The summed E-state index contributed by atoms with van der Waals surface area (Å²) in [7, 11) is 0. The normalized spacial score (nSPS) is 16.7. The van der Waals surface area contributed by atoms with Gasteiger partial charge in [0, 0.05) is 23.1 Å². The fraction of sp³-hybridized carbons (Fsp3) is 0.395. The van der Waals surface area contributed by atoms with E-state index in [4.69, 9.17) is 27.2 Å². The molecule has 0 radical (unpaired) electrons. The van der Waals surface area contributed by atoms with Gasteiger partial charge >= 0.3 is 0 Å². The highest BCUT2D eigenvalue weighted by Gasteiger charge is 2.45. The van der Waals surface area contributed by atoms with Crippen LogP contribution in [0.25, 0.3) is 17.1 Å². The average molecular weight is 640 g/mol. The van der Waals surface area contributed by atoms with Crippen molar-refractivity contribution in [3.05, 3.63) is 105 Å². The molecule has 1 atom stereocenters. The third-order valence-electron chi connectivity index (χ3n) is 10.1. The van der Waals surface area contributed by atoms with E-state index in [2.05, 4.69) is 64.9 Å². The van der Waals surface area contributed by atoms with Crippen LogP contribution in [0, 0.1) is 4.84 Å². The summed E-state index contributed by atoms with van der Waals surface area (Å²) in [5.74, 6) is 0.620. The second-order valence-corrected chi connectivity index (χ2v) is 13.9. The van der Waals surface area contributed by atoms with Gasteiger partial charge in [0.2, 0.25) is 5.91 Å². The lowest BCUT2D eigenvalue weighted by Gasteiger charge is -2.40. The van der Waals surface area contributed by atoms with Crippen LogP contribution in [0.15, 0.2) is 82.9 Å². The lowest BCUT2D eigenvalue weighted by atomic mass is 9.72. The van der Waals surface area contributed by atoms with Crippen molar-refractivity contribution in [3.63, 3.8) is 0 Å². The average Bonchev–Trinajstić information content (AvgIpc) is 3.46. The van der Waals surface area contributed by atoms with Crippen molar-refractivity contribution in [1.29, 1.82) is 0 Å². The van der Waals surface area contributed by atoms with E-state index in [0.717, 1.165) is 29.7 Å². The number of amides is 1. The quantitative estimate of drug-likeness (QED) is 0.118. The first kappa shape index (κ1) is 33.2. The Morgan fingerprint density at radius 2 is 1.70 bits per heavy atom. The maximum atomic E-state index is 12.8. The van der Waals surface area contributed by atoms with Crippen molar-refractivity contribution >= 4 is 23.9 Å². The van der Waals surface area contributed by atoms with Crippen LogP contribution >= 0.6 is 12.2 Å². The van der Waals surface area contributed by atoms with Gasteiger partial charge in [-0.05, 0) is 65.9 Å². The van der Waals surface area contributed by atoms with Gasteiger partial charge in [0.25, 0.3) is 4.84 Å². The highest BCUT2D eigenvalue weighted by atomic mass is 32.1. The van der Waals surface area contributed by atoms with Crippen LogP contribution in [-0.2, 0) is 21.2 Å². The van der Waals surface area contributed by atoms with Crippen LogP contribution in [-0.4, -0.2) is 27.3 Å². The highest BCUT2D eigenvalue weighted by molar-refractivity contribution is 7.71. The Kier molecular flexibility index (Phi) is 9.32. The zero-order chi connectivity index (χ0) is 33.3. The summed E-state index contributed by atoms with van der Waals surface area (Å²) >= 11 is 5.78. The highest BCUT2D eigenvalue weighted by Crippen LogP contribution is 2.48. The van der Waals surface area contributed by atoms with Crippen LogP contribution in [0.3, 0.4) is 0 Å². The van der Waals surface area contributed by atoms with E-state index >= 15 is 0 Å². The number of primary amides is 1. The first-order valence-corrected chi connectivity index (χ1v) is 16.5. The molecule has 46 heavy (non-hydrogen) atoms. The summed E-state index contributed by atoms with van der Waals surface area (Å²) in [6.07, 6.45) is 3.25. The van der Waals surface area contributed by atoms with E-state index in [1.807, 2.05) is 53.1 Å². The summed E-state index contributed by atoms with van der Waals surface area (Å²) < 4.78 is 14.1. The molecule has 242 valence electrons. The third-order valence-corrected chi connectivity index (χ3v) is 10.3. The van der Waals surface area contributed by atoms with Crippen molar-refractivity contribution in [2.45, 2.75) is 90.0 Å². The van der Waals surface area contributed by atoms with Crippen molar-refractivity contribution in [2.75, 3.05) is 6.61 Å². The maximum absolute atomic E-state index is 12.8. The van der Waals surface area contributed by atoms with Gasteiger partial charge in [-0.1, -0.05) is 113 Å². The smallest absolute Gasteiger partial charge is 0.298 e. The lowest BCUT2D eigenvalue weighted by Crippen LogP contribution is -2.41. The number of rotatable bonds is 12. The minimum absolute atomic E-state index is 0.0588. The molecular weight excluding hydrogens is 595 g/mol. The van der Waals surface area contributed by atoms with Crippen LogP contribution in [0.2, 0.25) is 0 Å². The summed E-state index contributed by atoms with van der Waals surface area (Å²) in [5.41, 5.74) is 9.74. The largest absolute Gasteiger partial charge is 0.507 e. The first-order chi connectivity index (χ1) is 21.9. The molecule has 0 saturated heterocycles. The van der Waals surface area contributed by atoms with Gasteiger partial charge in [0.15, 0.2) is 5.82 Å². The standard InChI is InChI=1S/C38H45N3O4S/c1-7-36(3,4)26-19-20-31(30(23-26)37(5,6)8-2)44-22-14-21-38(41-34(40-45-35(41)46)25-15-10-9-11-16-25)24-28(33(39)43)32(42)27-17-12-13-18-29(27)38/h9-13,15-20,23,42H,7-8,14,21-22,24H2,1-6H3,(H2,39,43). The number of aromatic nitrogens is 2. The number of fused-ring (bicyclic) bond motifs is 1. The number of hydrogen-bond donors (Lipinski definition) is 2. The molecule has 0 bridgehead atoms. The SMILES string of the molecule is CCC(C)(C)c1ccc(OCCCC2(n3c(-c4ccccc4)noc3=S)CC(C(N)=O)=C(O)c3ccccc32)c(C(C)(C)CC)c1. The number of aliphatic hydroxyl groups is 1. The molecule has 0 spiro atoms. The number of nitrogens with zero attached hydrogens (tertiary/aromatic N) is 2. The lowest BCUT2D eigenvalue weighted by molar-refractivity contribution is -0.115. The summed E-state index contributed by atoms with van der Waals surface area (Å²) in [5, 5.41) is 15.6. The minimum atomic E-state index is -0.931. The predicted molar refractivity (Wildman–Crippen MR) is 185 cm³/mol. The topological polar surface area (TPSA) is 104 Å². The second kappa shape index (κ2) is 12.9. The number of aliphatic hydroxyl groups excluding tert-OH is 1. The zero-order valence-corrected chi connectivity index (χ0v) is 28.5. The summed E-state index contributed by atoms with van der Waals surface area (Å²) in [4.78, 5) is 12.9. The van der Waals surface area contributed by atoms with E-state index in [0.29, 0.717) is 30.8 Å². The fourth-order valence-corrected chi connectivity index (χ4v) is 6.71. The van der Waals surface area contributed by atoms with E-state index in [1.165, 1.54) is 11.1 Å². The minimum Gasteiger partial charge on any atom is -0.507 e.